The van der Waals surface area contributed by atoms with Crippen molar-refractivity contribution in [2.24, 2.45) is 0 Å². The molecule has 3 heterocycles. The molecule has 0 saturated carbocycles. The average Bonchev–Trinajstić information content (AvgIpc) is 2.75. The number of nitrogen functional groups attached to an aromatic ring is 1. The Labute approximate surface area is 102 Å². The summed E-state index contributed by atoms with van der Waals surface area (Å²) < 4.78 is 2.12. The summed E-state index contributed by atoms with van der Waals surface area (Å²) in [5.74, 6) is 0.195. The molecule has 3 aromatic rings. The average molecular weight is 245 g/mol. The number of aryl methyl sites for hydroxylation is 2. The van der Waals surface area contributed by atoms with Crippen molar-refractivity contribution >= 4 is 22.1 Å². The minimum atomic E-state index is 0.195. The van der Waals surface area contributed by atoms with Crippen LogP contribution in [0.25, 0.3) is 16.2 Å². The Balaban J connectivity index is 2.28. The maximum atomic E-state index is 5.45. The molecule has 0 aromatic carbocycles. The Kier molecular flexibility index (Phi) is 2.12. The van der Waals surface area contributed by atoms with Crippen molar-refractivity contribution in [3.05, 3.63) is 28.9 Å². The van der Waals surface area contributed by atoms with Crippen LogP contribution in [0.15, 0.2) is 18.5 Å². The van der Waals surface area contributed by atoms with Gasteiger partial charge in [0, 0.05) is 11.1 Å². The molecule has 2 N–H and O–H groups in total. The Morgan fingerprint density at radius 2 is 2.12 bits per heavy atom. The number of rotatable bonds is 1. The predicted octanol–water partition coefficient (Wildman–Crippen LogP) is 2.05. The van der Waals surface area contributed by atoms with Gasteiger partial charge in [-0.3, -0.25) is 0 Å². The maximum Gasteiger partial charge on any atom is 0.240 e. The summed E-state index contributed by atoms with van der Waals surface area (Å²) in [4.78, 5) is 6.45. The highest BCUT2D eigenvalue weighted by Gasteiger charge is 2.13. The first-order valence-corrected chi connectivity index (χ1v) is 6.00. The van der Waals surface area contributed by atoms with Crippen molar-refractivity contribution in [1.82, 2.24) is 19.6 Å². The Morgan fingerprint density at radius 3 is 2.82 bits per heavy atom. The van der Waals surface area contributed by atoms with Crippen molar-refractivity contribution in [1.29, 1.82) is 0 Å². The van der Waals surface area contributed by atoms with Gasteiger partial charge < -0.3 is 10.1 Å². The molecule has 0 radical (unpaired) electrons. The van der Waals surface area contributed by atoms with Gasteiger partial charge in [-0.05, 0) is 25.5 Å². The lowest BCUT2D eigenvalue weighted by Gasteiger charge is -2.00. The van der Waals surface area contributed by atoms with E-state index in [-0.39, 0.29) is 5.95 Å². The topological polar surface area (TPSA) is 69.1 Å². The molecule has 0 spiro atoms. The molecule has 0 aliphatic heterocycles. The van der Waals surface area contributed by atoms with Crippen molar-refractivity contribution in [2.75, 3.05) is 5.73 Å². The standard InChI is InChI=1S/C11H11N5S/c1-6-3-9-16(5-7(2)17-9)10(6)8-4-13-11(12)15-14-8/h3-5H,1-2H3,(H2,12,13,15). The first-order valence-electron chi connectivity index (χ1n) is 5.19. The van der Waals surface area contributed by atoms with Gasteiger partial charge in [-0.2, -0.15) is 0 Å². The van der Waals surface area contributed by atoms with Crippen molar-refractivity contribution < 1.29 is 0 Å². The predicted molar refractivity (Wildman–Crippen MR) is 68.0 cm³/mol. The minimum Gasteiger partial charge on any atom is -0.366 e. The first kappa shape index (κ1) is 10.2. The normalized spacial score (nSPS) is 11.2. The summed E-state index contributed by atoms with van der Waals surface area (Å²) in [5.41, 5.74) is 8.39. The molecule has 17 heavy (non-hydrogen) atoms. The largest absolute Gasteiger partial charge is 0.366 e. The third kappa shape index (κ3) is 1.57. The van der Waals surface area contributed by atoms with E-state index in [1.165, 1.54) is 9.71 Å². The number of thiazole rings is 1. The molecule has 0 unspecified atom stereocenters. The van der Waals surface area contributed by atoms with Crippen molar-refractivity contribution in [2.45, 2.75) is 13.8 Å². The van der Waals surface area contributed by atoms with E-state index in [1.54, 1.807) is 17.5 Å². The number of aromatic nitrogens is 4. The molecular weight excluding hydrogens is 234 g/mol. The number of nitrogens with zero attached hydrogens (tertiary/aromatic N) is 4. The number of hydrogen-bond donors (Lipinski definition) is 1. The van der Waals surface area contributed by atoms with Gasteiger partial charge in [-0.1, -0.05) is 0 Å². The van der Waals surface area contributed by atoms with Crippen LogP contribution in [-0.2, 0) is 0 Å². The number of fused-ring (bicyclic) bond motifs is 1. The van der Waals surface area contributed by atoms with Gasteiger partial charge in [-0.25, -0.2) is 4.98 Å². The molecule has 5 nitrogen and oxygen atoms in total. The van der Waals surface area contributed by atoms with Crippen LogP contribution in [0, 0.1) is 13.8 Å². The number of hydrogen-bond acceptors (Lipinski definition) is 5. The SMILES string of the molecule is Cc1cn2c(-c3cnc(N)nn3)c(C)cc2s1. The molecule has 0 saturated heterocycles. The fourth-order valence-electron chi connectivity index (χ4n) is 1.92. The van der Waals surface area contributed by atoms with E-state index >= 15 is 0 Å². The van der Waals surface area contributed by atoms with Crippen LogP contribution in [0.5, 0.6) is 0 Å². The maximum absolute atomic E-state index is 5.45. The summed E-state index contributed by atoms with van der Waals surface area (Å²) in [5, 5.41) is 7.88. The zero-order valence-corrected chi connectivity index (χ0v) is 10.3. The smallest absolute Gasteiger partial charge is 0.240 e. The van der Waals surface area contributed by atoms with Gasteiger partial charge in [0.15, 0.2) is 0 Å². The van der Waals surface area contributed by atoms with Gasteiger partial charge >= 0.3 is 0 Å². The summed E-state index contributed by atoms with van der Waals surface area (Å²) in [6, 6.07) is 2.14. The van der Waals surface area contributed by atoms with Gasteiger partial charge in [0.05, 0.1) is 11.9 Å². The van der Waals surface area contributed by atoms with E-state index in [4.69, 9.17) is 5.73 Å². The van der Waals surface area contributed by atoms with Crippen molar-refractivity contribution in [3.63, 3.8) is 0 Å². The summed E-state index contributed by atoms with van der Waals surface area (Å²) in [7, 11) is 0. The quantitative estimate of drug-likeness (QED) is 0.712. The third-order valence-corrected chi connectivity index (χ3v) is 3.54. The van der Waals surface area contributed by atoms with Crippen LogP contribution in [0.1, 0.15) is 10.4 Å². The highest BCUT2D eigenvalue weighted by molar-refractivity contribution is 7.17. The molecule has 0 bridgehead atoms. The summed E-state index contributed by atoms with van der Waals surface area (Å²) >= 11 is 1.75. The molecule has 0 fully saturated rings. The van der Waals surface area contributed by atoms with E-state index in [1.807, 2.05) is 0 Å². The molecule has 0 aliphatic carbocycles. The summed E-state index contributed by atoms with van der Waals surface area (Å²) in [6.07, 6.45) is 3.75. The van der Waals surface area contributed by atoms with E-state index in [0.717, 1.165) is 17.0 Å². The highest BCUT2D eigenvalue weighted by atomic mass is 32.1. The second-order valence-electron chi connectivity index (χ2n) is 3.93. The van der Waals surface area contributed by atoms with E-state index in [2.05, 4.69) is 45.7 Å². The fourth-order valence-corrected chi connectivity index (χ4v) is 2.89. The Morgan fingerprint density at radius 1 is 1.29 bits per heavy atom. The van der Waals surface area contributed by atoms with Crippen LogP contribution in [-0.4, -0.2) is 19.6 Å². The van der Waals surface area contributed by atoms with E-state index in [0.29, 0.717) is 0 Å². The van der Waals surface area contributed by atoms with Gasteiger partial charge in [0.1, 0.15) is 10.5 Å². The van der Waals surface area contributed by atoms with Crippen LogP contribution < -0.4 is 5.73 Å². The van der Waals surface area contributed by atoms with Gasteiger partial charge in [-0.15, -0.1) is 21.5 Å². The van der Waals surface area contributed by atoms with E-state index in [9.17, 15) is 0 Å². The van der Waals surface area contributed by atoms with Crippen LogP contribution in [0.4, 0.5) is 5.95 Å². The Bertz CT molecular complexity index is 680. The van der Waals surface area contributed by atoms with Crippen molar-refractivity contribution in [3.8, 4) is 11.4 Å². The molecule has 0 aliphatic rings. The fraction of sp³-hybridized carbons (Fsp3) is 0.182. The molecule has 86 valence electrons. The van der Waals surface area contributed by atoms with Crippen LogP contribution in [0.3, 0.4) is 0 Å². The van der Waals surface area contributed by atoms with Crippen LogP contribution >= 0.6 is 11.3 Å². The minimum absolute atomic E-state index is 0.195. The lowest BCUT2D eigenvalue weighted by atomic mass is 10.2. The second-order valence-corrected chi connectivity index (χ2v) is 5.19. The summed E-state index contributed by atoms with van der Waals surface area (Å²) in [6.45, 7) is 4.14. The lowest BCUT2D eigenvalue weighted by molar-refractivity contribution is 0.980. The second kappa shape index (κ2) is 3.53. The third-order valence-electron chi connectivity index (χ3n) is 2.59. The first-order chi connectivity index (χ1) is 8.15. The molecule has 3 rings (SSSR count). The molecule has 6 heteroatoms. The zero-order valence-electron chi connectivity index (χ0n) is 9.51. The molecule has 0 amide bonds. The lowest BCUT2D eigenvalue weighted by Crippen LogP contribution is -1.99. The molecule has 3 aromatic heterocycles. The monoisotopic (exact) mass is 245 g/mol. The zero-order chi connectivity index (χ0) is 12.0. The van der Waals surface area contributed by atoms with Gasteiger partial charge in [0.2, 0.25) is 5.95 Å². The number of nitrogens with two attached hydrogens (primary N) is 1. The van der Waals surface area contributed by atoms with E-state index < -0.39 is 0 Å². The molecule has 0 atom stereocenters. The number of anilines is 1. The highest BCUT2D eigenvalue weighted by Crippen LogP contribution is 2.29. The molecular formula is C11H11N5S. The Hall–Kier alpha value is -1.95. The van der Waals surface area contributed by atoms with Gasteiger partial charge in [0.25, 0.3) is 0 Å². The van der Waals surface area contributed by atoms with Crippen LogP contribution in [0.2, 0.25) is 0 Å².